The number of hydrogen-bond donors (Lipinski definition) is 0. The Balaban J connectivity index is 1.86. The predicted molar refractivity (Wildman–Crippen MR) is 98.0 cm³/mol. The highest BCUT2D eigenvalue weighted by Crippen LogP contribution is 2.40. The van der Waals surface area contributed by atoms with Crippen LogP contribution in [0.2, 0.25) is 0 Å². The minimum absolute atomic E-state index is 0.133. The first-order valence-corrected chi connectivity index (χ1v) is 9.23. The van der Waals surface area contributed by atoms with Gasteiger partial charge < -0.3 is 4.90 Å². The van der Waals surface area contributed by atoms with Crippen molar-refractivity contribution in [3.05, 3.63) is 70.3 Å². The molecule has 0 radical (unpaired) electrons. The van der Waals surface area contributed by atoms with Crippen LogP contribution in [0.25, 0.3) is 0 Å². The lowest BCUT2D eigenvalue weighted by molar-refractivity contribution is 0.0760. The molecule has 0 bridgehead atoms. The average Bonchev–Trinajstić information content (AvgIpc) is 3.03. The molecule has 1 amide bonds. The summed E-state index contributed by atoms with van der Waals surface area (Å²) in [4.78, 5) is 14.9. The summed E-state index contributed by atoms with van der Waals surface area (Å²) in [6.45, 7) is 7.19. The molecule has 2 nitrogen and oxygen atoms in total. The van der Waals surface area contributed by atoms with Gasteiger partial charge in [-0.15, -0.1) is 11.8 Å². The van der Waals surface area contributed by atoms with Crippen molar-refractivity contribution in [1.29, 1.82) is 0 Å². The number of benzene rings is 2. The van der Waals surface area contributed by atoms with Gasteiger partial charge in [-0.2, -0.15) is 0 Å². The van der Waals surface area contributed by atoms with Crippen LogP contribution in [-0.2, 0) is 6.42 Å². The van der Waals surface area contributed by atoms with Gasteiger partial charge in [-0.3, -0.25) is 4.79 Å². The molecule has 3 heteroatoms. The molecule has 0 spiro atoms. The Morgan fingerprint density at radius 3 is 2.57 bits per heavy atom. The van der Waals surface area contributed by atoms with Crippen molar-refractivity contribution in [2.24, 2.45) is 0 Å². The molecular weight excluding hydrogens is 302 g/mol. The van der Waals surface area contributed by atoms with Crippen LogP contribution < -0.4 is 0 Å². The Hall–Kier alpha value is -1.74. The molecular formula is C20H23NOS. The lowest BCUT2D eigenvalue weighted by atomic mass is 10.0. The maximum atomic E-state index is 12.9. The zero-order valence-electron chi connectivity index (χ0n) is 14.0. The van der Waals surface area contributed by atoms with Gasteiger partial charge in [-0.1, -0.05) is 42.8 Å². The number of aryl methyl sites for hydroxylation is 3. The van der Waals surface area contributed by atoms with Crippen molar-refractivity contribution >= 4 is 17.7 Å². The highest BCUT2D eigenvalue weighted by Gasteiger charge is 2.32. The van der Waals surface area contributed by atoms with Crippen LogP contribution in [-0.4, -0.2) is 23.1 Å². The van der Waals surface area contributed by atoms with Gasteiger partial charge in [0.05, 0.1) is 0 Å². The van der Waals surface area contributed by atoms with E-state index in [9.17, 15) is 4.79 Å². The van der Waals surface area contributed by atoms with Gasteiger partial charge in [-0.25, -0.2) is 0 Å². The van der Waals surface area contributed by atoms with Crippen LogP contribution in [0.5, 0.6) is 0 Å². The largest absolute Gasteiger partial charge is 0.322 e. The number of hydrogen-bond acceptors (Lipinski definition) is 2. The first-order chi connectivity index (χ1) is 11.1. The summed E-state index contributed by atoms with van der Waals surface area (Å²) in [6, 6.07) is 14.6. The fourth-order valence-electron chi connectivity index (χ4n) is 3.09. The van der Waals surface area contributed by atoms with Crippen molar-refractivity contribution in [1.82, 2.24) is 4.90 Å². The first-order valence-electron chi connectivity index (χ1n) is 8.19. The molecule has 1 unspecified atom stereocenters. The zero-order valence-corrected chi connectivity index (χ0v) is 14.8. The van der Waals surface area contributed by atoms with Crippen molar-refractivity contribution in [2.45, 2.75) is 32.6 Å². The highest BCUT2D eigenvalue weighted by atomic mass is 32.2. The zero-order chi connectivity index (χ0) is 16.4. The standard InChI is InChI=1S/C20H23NOS/c1-4-16-6-8-17(9-7-16)19(22)21-11-12-23-20(21)18-10-5-14(2)13-15(18)3/h5-10,13,20H,4,11-12H2,1-3H3. The Morgan fingerprint density at radius 2 is 1.91 bits per heavy atom. The number of carbonyl (C=O) groups is 1. The van der Waals surface area contributed by atoms with Crippen LogP contribution in [0.4, 0.5) is 0 Å². The van der Waals surface area contributed by atoms with Crippen LogP contribution in [0.1, 0.15) is 44.9 Å². The third-order valence-electron chi connectivity index (χ3n) is 4.45. The number of amides is 1. The van der Waals surface area contributed by atoms with Crippen molar-refractivity contribution in [3.63, 3.8) is 0 Å². The van der Waals surface area contributed by atoms with E-state index < -0.39 is 0 Å². The summed E-state index contributed by atoms with van der Waals surface area (Å²) in [5.41, 5.74) is 5.85. The SMILES string of the molecule is CCc1ccc(C(=O)N2CCSC2c2ccc(C)cc2C)cc1. The van der Waals surface area contributed by atoms with E-state index in [-0.39, 0.29) is 11.3 Å². The van der Waals surface area contributed by atoms with Crippen LogP contribution >= 0.6 is 11.8 Å². The van der Waals surface area contributed by atoms with Gasteiger partial charge in [0.2, 0.25) is 0 Å². The Labute approximate surface area is 142 Å². The second kappa shape index (κ2) is 6.79. The molecule has 1 fully saturated rings. The van der Waals surface area contributed by atoms with Crippen LogP contribution in [0, 0.1) is 13.8 Å². The number of thioether (sulfide) groups is 1. The van der Waals surface area contributed by atoms with E-state index in [2.05, 4.69) is 51.1 Å². The molecule has 3 rings (SSSR count). The second-order valence-electron chi connectivity index (χ2n) is 6.13. The summed E-state index contributed by atoms with van der Waals surface area (Å²) < 4.78 is 0. The summed E-state index contributed by atoms with van der Waals surface area (Å²) in [7, 11) is 0. The number of nitrogens with zero attached hydrogens (tertiary/aromatic N) is 1. The van der Waals surface area contributed by atoms with Gasteiger partial charge in [0, 0.05) is 17.9 Å². The Bertz CT molecular complexity index is 708. The van der Waals surface area contributed by atoms with Crippen LogP contribution in [0.15, 0.2) is 42.5 Å². The summed E-state index contributed by atoms with van der Waals surface area (Å²) in [6.07, 6.45) is 0.999. The molecule has 23 heavy (non-hydrogen) atoms. The van der Waals surface area contributed by atoms with Gasteiger partial charge >= 0.3 is 0 Å². The molecule has 0 aliphatic carbocycles. The number of rotatable bonds is 3. The second-order valence-corrected chi connectivity index (χ2v) is 7.32. The molecule has 1 saturated heterocycles. The van der Waals surface area contributed by atoms with E-state index >= 15 is 0 Å². The summed E-state index contributed by atoms with van der Waals surface area (Å²) >= 11 is 1.86. The maximum Gasteiger partial charge on any atom is 0.255 e. The van der Waals surface area contributed by atoms with E-state index in [0.717, 1.165) is 24.3 Å². The Kier molecular flexibility index (Phi) is 4.76. The van der Waals surface area contributed by atoms with E-state index in [1.54, 1.807) is 0 Å². The third kappa shape index (κ3) is 3.30. The highest BCUT2D eigenvalue weighted by molar-refractivity contribution is 7.99. The molecule has 1 heterocycles. The summed E-state index contributed by atoms with van der Waals surface area (Å²) in [5, 5.41) is 0.133. The smallest absolute Gasteiger partial charge is 0.255 e. The topological polar surface area (TPSA) is 20.3 Å². The molecule has 1 atom stereocenters. The quantitative estimate of drug-likeness (QED) is 0.811. The molecule has 120 valence electrons. The van der Waals surface area contributed by atoms with Gasteiger partial charge in [0.25, 0.3) is 5.91 Å². The fourth-order valence-corrected chi connectivity index (χ4v) is 4.44. The number of carbonyl (C=O) groups excluding carboxylic acids is 1. The molecule has 1 aliphatic heterocycles. The van der Waals surface area contributed by atoms with E-state index in [4.69, 9.17) is 0 Å². The monoisotopic (exact) mass is 325 g/mol. The predicted octanol–water partition coefficient (Wildman–Crippen LogP) is 4.75. The van der Waals surface area contributed by atoms with E-state index in [1.807, 2.05) is 28.8 Å². The van der Waals surface area contributed by atoms with Gasteiger partial charge in [0.15, 0.2) is 0 Å². The van der Waals surface area contributed by atoms with E-state index in [1.165, 1.54) is 22.3 Å². The van der Waals surface area contributed by atoms with Crippen LogP contribution in [0.3, 0.4) is 0 Å². The molecule has 2 aromatic rings. The fraction of sp³-hybridized carbons (Fsp3) is 0.350. The normalized spacial score (nSPS) is 17.5. The lowest BCUT2D eigenvalue weighted by Crippen LogP contribution is -2.30. The van der Waals surface area contributed by atoms with Crippen molar-refractivity contribution < 1.29 is 4.79 Å². The Morgan fingerprint density at radius 1 is 1.17 bits per heavy atom. The van der Waals surface area contributed by atoms with Gasteiger partial charge in [0.1, 0.15) is 5.37 Å². The third-order valence-corrected chi connectivity index (χ3v) is 5.69. The first kappa shape index (κ1) is 16.1. The lowest BCUT2D eigenvalue weighted by Gasteiger charge is -2.25. The maximum absolute atomic E-state index is 12.9. The van der Waals surface area contributed by atoms with E-state index in [0.29, 0.717) is 0 Å². The summed E-state index contributed by atoms with van der Waals surface area (Å²) in [5.74, 6) is 1.14. The molecule has 0 N–H and O–H groups in total. The average molecular weight is 325 g/mol. The van der Waals surface area contributed by atoms with Crippen molar-refractivity contribution in [2.75, 3.05) is 12.3 Å². The minimum Gasteiger partial charge on any atom is -0.322 e. The van der Waals surface area contributed by atoms with Crippen molar-refractivity contribution in [3.8, 4) is 0 Å². The molecule has 1 aliphatic rings. The molecule has 2 aromatic carbocycles. The molecule has 0 aromatic heterocycles. The minimum atomic E-state index is 0.133. The molecule has 0 saturated carbocycles. The van der Waals surface area contributed by atoms with Gasteiger partial charge in [-0.05, 0) is 49.1 Å².